The molecule has 0 spiro atoms. The first-order chi connectivity index (χ1) is 5.84. The summed E-state index contributed by atoms with van der Waals surface area (Å²) in [6.45, 7) is 0.774. The van der Waals surface area contributed by atoms with E-state index in [0.29, 0.717) is 0 Å². The van der Waals surface area contributed by atoms with Crippen LogP contribution in [0.5, 0.6) is 0 Å². The van der Waals surface area contributed by atoms with Gasteiger partial charge in [0, 0.05) is 6.04 Å². The van der Waals surface area contributed by atoms with Crippen LogP contribution in [0, 0.1) is 0 Å². The fourth-order valence-electron chi connectivity index (χ4n) is 1.16. The molecule has 1 heterocycles. The van der Waals surface area contributed by atoms with Gasteiger partial charge in [0.25, 0.3) is 0 Å². The highest BCUT2D eigenvalue weighted by Crippen LogP contribution is 2.18. The van der Waals surface area contributed by atoms with E-state index in [-0.39, 0.29) is 18.4 Å². The normalized spacial score (nSPS) is 12.2. The van der Waals surface area contributed by atoms with E-state index in [9.17, 15) is 0 Å². The lowest BCUT2D eigenvalue weighted by Crippen LogP contribution is -2.09. The van der Waals surface area contributed by atoms with Gasteiger partial charge < -0.3 is 11.5 Å². The van der Waals surface area contributed by atoms with E-state index in [1.54, 1.807) is 11.3 Å². The van der Waals surface area contributed by atoms with Crippen LogP contribution in [0.1, 0.15) is 30.9 Å². The van der Waals surface area contributed by atoms with Gasteiger partial charge in [0.2, 0.25) is 0 Å². The number of hydrogen-bond acceptors (Lipinski definition) is 3. The molecular weight excluding hydrogens is 204 g/mol. The lowest BCUT2D eigenvalue weighted by Gasteiger charge is -2.08. The molecule has 0 unspecified atom stereocenters. The Kier molecular flexibility index (Phi) is 7.28. The largest absolute Gasteiger partial charge is 0.330 e. The van der Waals surface area contributed by atoms with Crippen molar-refractivity contribution in [3.8, 4) is 0 Å². The average Bonchev–Trinajstić information content (AvgIpc) is 2.56. The molecule has 0 bridgehead atoms. The van der Waals surface area contributed by atoms with Gasteiger partial charge in [-0.1, -0.05) is 6.42 Å². The van der Waals surface area contributed by atoms with Crippen LogP contribution in [-0.4, -0.2) is 6.54 Å². The van der Waals surface area contributed by atoms with E-state index in [2.05, 4.69) is 16.8 Å². The third kappa shape index (κ3) is 4.62. The van der Waals surface area contributed by atoms with Crippen LogP contribution < -0.4 is 11.5 Å². The molecule has 0 radical (unpaired) electrons. The molecule has 0 amide bonds. The molecule has 0 fully saturated rings. The molecule has 4 N–H and O–H groups in total. The van der Waals surface area contributed by atoms with Crippen LogP contribution in [0.2, 0.25) is 0 Å². The molecule has 0 aliphatic heterocycles. The van der Waals surface area contributed by atoms with Crippen molar-refractivity contribution in [1.82, 2.24) is 0 Å². The smallest absolute Gasteiger partial charge is 0.0303 e. The van der Waals surface area contributed by atoms with Crippen molar-refractivity contribution < 1.29 is 0 Å². The zero-order chi connectivity index (χ0) is 8.81. The summed E-state index contributed by atoms with van der Waals surface area (Å²) in [6, 6.07) is 2.31. The van der Waals surface area contributed by atoms with Crippen LogP contribution in [0.25, 0.3) is 0 Å². The predicted octanol–water partition coefficient (Wildman–Crippen LogP) is 2.30. The van der Waals surface area contributed by atoms with Crippen molar-refractivity contribution in [1.29, 1.82) is 0 Å². The van der Waals surface area contributed by atoms with Crippen molar-refractivity contribution in [2.75, 3.05) is 6.54 Å². The highest BCUT2D eigenvalue weighted by molar-refractivity contribution is 7.07. The molecule has 0 saturated carbocycles. The van der Waals surface area contributed by atoms with E-state index in [0.717, 1.165) is 25.8 Å². The first-order valence-electron chi connectivity index (χ1n) is 4.32. The second-order valence-electron chi connectivity index (χ2n) is 2.95. The minimum absolute atomic E-state index is 0. The summed E-state index contributed by atoms with van der Waals surface area (Å²) < 4.78 is 0. The van der Waals surface area contributed by atoms with Crippen LogP contribution in [0.4, 0.5) is 0 Å². The molecule has 0 aromatic carbocycles. The fraction of sp³-hybridized carbons (Fsp3) is 0.556. The summed E-state index contributed by atoms with van der Waals surface area (Å²) >= 11 is 1.70. The Morgan fingerprint density at radius 2 is 2.15 bits per heavy atom. The minimum Gasteiger partial charge on any atom is -0.330 e. The molecule has 4 heteroatoms. The summed E-state index contributed by atoms with van der Waals surface area (Å²) in [5, 5.41) is 4.19. The lowest BCUT2D eigenvalue weighted by atomic mass is 10.1. The molecule has 13 heavy (non-hydrogen) atoms. The van der Waals surface area contributed by atoms with Crippen molar-refractivity contribution in [2.24, 2.45) is 11.5 Å². The number of nitrogens with two attached hydrogens (primary N) is 2. The quantitative estimate of drug-likeness (QED) is 0.749. The summed E-state index contributed by atoms with van der Waals surface area (Å²) in [5.74, 6) is 0. The van der Waals surface area contributed by atoms with Crippen molar-refractivity contribution in [3.05, 3.63) is 22.4 Å². The van der Waals surface area contributed by atoms with E-state index in [1.165, 1.54) is 5.56 Å². The zero-order valence-electron chi connectivity index (χ0n) is 7.61. The van der Waals surface area contributed by atoms with Crippen LogP contribution in [0.3, 0.4) is 0 Å². The first kappa shape index (κ1) is 12.9. The second kappa shape index (κ2) is 7.33. The molecule has 1 aromatic rings. The Bertz CT molecular complexity index is 201. The SMILES string of the molecule is Cl.NCCCC[C@@H](N)c1ccsc1. The van der Waals surface area contributed by atoms with E-state index in [1.807, 2.05) is 0 Å². The number of thiophene rings is 1. The number of hydrogen-bond donors (Lipinski definition) is 2. The molecule has 1 rings (SSSR count). The first-order valence-corrected chi connectivity index (χ1v) is 5.26. The highest BCUT2D eigenvalue weighted by Gasteiger charge is 2.04. The van der Waals surface area contributed by atoms with E-state index in [4.69, 9.17) is 11.5 Å². The third-order valence-corrected chi connectivity index (χ3v) is 2.64. The molecule has 1 atom stereocenters. The molecule has 76 valence electrons. The monoisotopic (exact) mass is 220 g/mol. The molecule has 1 aromatic heterocycles. The van der Waals surface area contributed by atoms with Gasteiger partial charge >= 0.3 is 0 Å². The minimum atomic E-state index is 0. The summed E-state index contributed by atoms with van der Waals surface area (Å²) in [6.07, 6.45) is 3.26. The predicted molar refractivity (Wildman–Crippen MR) is 61.4 cm³/mol. The molecule has 0 aliphatic carbocycles. The third-order valence-electron chi connectivity index (χ3n) is 1.94. The summed E-state index contributed by atoms with van der Waals surface area (Å²) in [4.78, 5) is 0. The molecule has 0 aliphatic rings. The average molecular weight is 221 g/mol. The molecule has 0 saturated heterocycles. The maximum atomic E-state index is 5.95. The van der Waals surface area contributed by atoms with Crippen molar-refractivity contribution in [3.63, 3.8) is 0 Å². The van der Waals surface area contributed by atoms with Gasteiger partial charge in [0.05, 0.1) is 0 Å². The maximum Gasteiger partial charge on any atom is 0.0303 e. The van der Waals surface area contributed by atoms with Gasteiger partial charge in [-0.25, -0.2) is 0 Å². The maximum absolute atomic E-state index is 5.95. The van der Waals surface area contributed by atoms with E-state index < -0.39 is 0 Å². The van der Waals surface area contributed by atoms with Crippen LogP contribution >= 0.6 is 23.7 Å². The Labute approximate surface area is 89.7 Å². The van der Waals surface area contributed by atoms with Gasteiger partial charge in [-0.15, -0.1) is 12.4 Å². The van der Waals surface area contributed by atoms with Gasteiger partial charge in [-0.3, -0.25) is 0 Å². The number of rotatable bonds is 5. The van der Waals surface area contributed by atoms with Crippen LogP contribution in [0.15, 0.2) is 16.8 Å². The Morgan fingerprint density at radius 1 is 1.38 bits per heavy atom. The van der Waals surface area contributed by atoms with Gasteiger partial charge in [-0.05, 0) is 41.8 Å². The summed E-state index contributed by atoms with van der Waals surface area (Å²) in [7, 11) is 0. The topological polar surface area (TPSA) is 52.0 Å². The van der Waals surface area contributed by atoms with Gasteiger partial charge in [0.15, 0.2) is 0 Å². The fourth-order valence-corrected chi connectivity index (χ4v) is 1.89. The lowest BCUT2D eigenvalue weighted by molar-refractivity contribution is 0.592. The highest BCUT2D eigenvalue weighted by atomic mass is 35.5. The Hall–Kier alpha value is -0.0900. The van der Waals surface area contributed by atoms with Crippen molar-refractivity contribution in [2.45, 2.75) is 25.3 Å². The summed E-state index contributed by atoms with van der Waals surface area (Å²) in [5.41, 5.74) is 12.6. The van der Waals surface area contributed by atoms with Crippen LogP contribution in [-0.2, 0) is 0 Å². The van der Waals surface area contributed by atoms with Gasteiger partial charge in [0.1, 0.15) is 0 Å². The second-order valence-corrected chi connectivity index (χ2v) is 3.73. The molecular formula is C9H17ClN2S. The zero-order valence-corrected chi connectivity index (χ0v) is 9.24. The standard InChI is InChI=1S/C9H16N2S.ClH/c10-5-2-1-3-9(11)8-4-6-12-7-8;/h4,6-7,9H,1-3,5,10-11H2;1H/t9-;/m1./s1. The van der Waals surface area contributed by atoms with Gasteiger partial charge in [-0.2, -0.15) is 11.3 Å². The van der Waals surface area contributed by atoms with E-state index >= 15 is 0 Å². The Balaban J connectivity index is 0.00000144. The van der Waals surface area contributed by atoms with Crippen molar-refractivity contribution >= 4 is 23.7 Å². The number of halogens is 1. The molecule has 2 nitrogen and oxygen atoms in total. The Morgan fingerprint density at radius 3 is 2.69 bits per heavy atom. The number of unbranched alkanes of at least 4 members (excludes halogenated alkanes) is 1.